The van der Waals surface area contributed by atoms with Gasteiger partial charge in [-0.3, -0.25) is 10.3 Å². The highest BCUT2D eigenvalue weighted by molar-refractivity contribution is 14.0. The number of carbonyl (C=O) groups is 1. The second-order valence-corrected chi connectivity index (χ2v) is 6.63. The number of hydrazone groups is 1. The third-order valence-corrected chi connectivity index (χ3v) is 4.69. The Labute approximate surface area is 163 Å². The number of hydrogen-bond donors (Lipinski definition) is 1. The van der Waals surface area contributed by atoms with Gasteiger partial charge in [-0.2, -0.15) is 5.10 Å². The summed E-state index contributed by atoms with van der Waals surface area (Å²) < 4.78 is 0. The lowest BCUT2D eigenvalue weighted by Crippen LogP contribution is -2.41. The highest BCUT2D eigenvalue weighted by Crippen LogP contribution is 2.42. The number of halogens is 1. The molecule has 1 N–H and O–H groups in total. The Kier molecular flexibility index (Phi) is 6.34. The van der Waals surface area contributed by atoms with Crippen molar-refractivity contribution in [1.82, 2.24) is 10.3 Å². The summed E-state index contributed by atoms with van der Waals surface area (Å²) in [5.74, 6) is 1.34. The van der Waals surface area contributed by atoms with Crippen LogP contribution in [0.3, 0.4) is 0 Å². The first-order chi connectivity index (χ1) is 11.2. The van der Waals surface area contributed by atoms with Crippen LogP contribution in [0, 0.1) is 0 Å². The number of benzene rings is 1. The quantitative estimate of drug-likeness (QED) is 0.558. The zero-order chi connectivity index (χ0) is 16.4. The Morgan fingerprint density at radius 1 is 1.33 bits per heavy atom. The average Bonchev–Trinajstić information content (AvgIpc) is 2.96. The van der Waals surface area contributed by atoms with Crippen LogP contribution in [0.15, 0.2) is 47.2 Å². The molecule has 7 heteroatoms. The fraction of sp³-hybridized carbons (Fsp3) is 0.294. The monoisotopic (exact) mass is 456 g/mol. The summed E-state index contributed by atoms with van der Waals surface area (Å²) in [7, 11) is 4.04. The van der Waals surface area contributed by atoms with Crippen molar-refractivity contribution in [1.29, 1.82) is 0 Å². The van der Waals surface area contributed by atoms with Crippen LogP contribution in [0.4, 0.5) is 5.69 Å². The third kappa shape index (κ3) is 3.32. The molecule has 0 spiro atoms. The minimum absolute atomic E-state index is 0. The fourth-order valence-electron chi connectivity index (χ4n) is 2.87. The van der Waals surface area contributed by atoms with Crippen LogP contribution in [0.2, 0.25) is 0 Å². The molecule has 0 fully saturated rings. The predicted molar refractivity (Wildman–Crippen MR) is 113 cm³/mol. The molecule has 24 heavy (non-hydrogen) atoms. The highest BCUT2D eigenvalue weighted by Gasteiger charge is 2.38. The molecule has 0 saturated carbocycles. The van der Waals surface area contributed by atoms with Gasteiger partial charge in [0.15, 0.2) is 11.3 Å². The summed E-state index contributed by atoms with van der Waals surface area (Å²) in [4.78, 5) is 15.0. The van der Waals surface area contributed by atoms with Crippen LogP contribution >= 0.6 is 35.7 Å². The maximum absolute atomic E-state index is 10.7. The van der Waals surface area contributed by atoms with E-state index >= 15 is 0 Å². The molecule has 1 unspecified atom stereocenters. The van der Waals surface area contributed by atoms with Gasteiger partial charge in [0.05, 0.1) is 11.4 Å². The minimum Gasteiger partial charge on any atom is -0.383 e. The Morgan fingerprint density at radius 3 is 2.75 bits per heavy atom. The number of anilines is 1. The van der Waals surface area contributed by atoms with Crippen LogP contribution in [0.5, 0.6) is 0 Å². The smallest absolute Gasteiger partial charge is 0.169 e. The fourth-order valence-corrected chi connectivity index (χ4v) is 3.62. The van der Waals surface area contributed by atoms with E-state index < -0.39 is 0 Å². The summed E-state index contributed by atoms with van der Waals surface area (Å²) in [6.45, 7) is 2.03. The van der Waals surface area contributed by atoms with Crippen LogP contribution in [-0.4, -0.2) is 42.4 Å². The van der Waals surface area contributed by atoms with Crippen LogP contribution in [-0.2, 0) is 4.79 Å². The maximum Gasteiger partial charge on any atom is 0.169 e. The van der Waals surface area contributed by atoms with E-state index in [9.17, 15) is 4.79 Å². The van der Waals surface area contributed by atoms with Crippen molar-refractivity contribution in [2.24, 2.45) is 5.10 Å². The van der Waals surface area contributed by atoms with Crippen molar-refractivity contribution in [3.05, 3.63) is 47.7 Å². The van der Waals surface area contributed by atoms with Crippen molar-refractivity contribution in [2.45, 2.75) is 12.4 Å². The van der Waals surface area contributed by atoms with Gasteiger partial charge in [0, 0.05) is 37.0 Å². The van der Waals surface area contributed by atoms with Crippen molar-refractivity contribution in [3.63, 3.8) is 0 Å². The Morgan fingerprint density at radius 2 is 2.08 bits per heavy atom. The maximum atomic E-state index is 10.7. The average molecular weight is 456 g/mol. The summed E-state index contributed by atoms with van der Waals surface area (Å²) in [6, 6.07) is 8.31. The third-order valence-electron chi connectivity index (χ3n) is 3.73. The number of thioether (sulfide) groups is 1. The second kappa shape index (κ2) is 8.06. The number of nitrogens with one attached hydrogen (secondary N) is 1. The zero-order valence-corrected chi connectivity index (χ0v) is 17.0. The molecule has 2 aliphatic heterocycles. The number of hydrogen-bond acceptors (Lipinski definition) is 6. The number of nitrogens with zero attached hydrogens (tertiary/aromatic N) is 3. The summed E-state index contributed by atoms with van der Waals surface area (Å²) >= 11 is 1.54. The normalized spacial score (nSPS) is 21.5. The first-order valence-electron chi connectivity index (χ1n) is 7.49. The number of allylic oxidation sites excluding steroid dienone is 1. The van der Waals surface area contributed by atoms with E-state index in [2.05, 4.69) is 45.9 Å². The lowest BCUT2D eigenvalue weighted by molar-refractivity contribution is -0.105. The molecular formula is C17H21IN4OS. The van der Waals surface area contributed by atoms with Gasteiger partial charge < -0.3 is 9.69 Å². The van der Waals surface area contributed by atoms with Gasteiger partial charge in [-0.05, 0) is 13.0 Å². The van der Waals surface area contributed by atoms with Crippen molar-refractivity contribution >= 4 is 59.1 Å². The van der Waals surface area contributed by atoms with Crippen molar-refractivity contribution in [2.75, 3.05) is 24.7 Å². The van der Waals surface area contributed by atoms with Crippen molar-refractivity contribution in [3.8, 4) is 0 Å². The minimum atomic E-state index is -0.0628. The molecule has 1 aromatic rings. The molecule has 2 aliphatic rings. The van der Waals surface area contributed by atoms with Crippen LogP contribution in [0.1, 0.15) is 12.5 Å². The molecule has 1 aromatic carbocycles. The molecule has 0 aromatic heterocycles. The molecule has 128 valence electrons. The summed E-state index contributed by atoms with van der Waals surface area (Å²) in [5, 5.41) is 4.53. The topological polar surface area (TPSA) is 47.9 Å². The number of carbonyl (C=O) groups excluding carboxylic acids is 1. The van der Waals surface area contributed by atoms with E-state index in [0.29, 0.717) is 5.75 Å². The van der Waals surface area contributed by atoms with Gasteiger partial charge in [-0.25, -0.2) is 0 Å². The number of rotatable bonds is 4. The molecule has 1 atom stereocenters. The Bertz CT molecular complexity index is 714. The lowest BCUT2D eigenvalue weighted by atomic mass is 9.91. The molecule has 5 nitrogen and oxygen atoms in total. The standard InChI is InChI=1S/C17H20N4OS.HI/c1-4-12-14(11-20(2)3)13-7-5-6-8-15(13)21-16(12)18-19-17(21)23-10-9-22;/h4-9,11,17,19H,10H2,1-3H3;1H/b12-4+,14-11+;. The van der Waals surface area contributed by atoms with E-state index in [1.807, 2.05) is 32.0 Å². The van der Waals surface area contributed by atoms with Crippen LogP contribution < -0.4 is 10.3 Å². The Balaban J connectivity index is 0.00000208. The first kappa shape index (κ1) is 18.9. The van der Waals surface area contributed by atoms with E-state index in [-0.39, 0.29) is 29.5 Å². The second-order valence-electron chi connectivity index (χ2n) is 5.51. The van der Waals surface area contributed by atoms with Gasteiger partial charge >= 0.3 is 0 Å². The summed E-state index contributed by atoms with van der Waals surface area (Å²) in [6.07, 6.45) is 5.14. The van der Waals surface area contributed by atoms with Gasteiger partial charge in [0.2, 0.25) is 0 Å². The van der Waals surface area contributed by atoms with E-state index in [1.54, 1.807) is 0 Å². The number of amidine groups is 1. The largest absolute Gasteiger partial charge is 0.383 e. The molecule has 0 radical (unpaired) electrons. The number of fused-ring (bicyclic) bond motifs is 3. The molecule has 0 amide bonds. The predicted octanol–water partition coefficient (Wildman–Crippen LogP) is 3.11. The SMILES string of the molecule is C/C=C1/C2=NNC(SCC=O)N2c2ccccc2/C1=C/N(C)C.I. The summed E-state index contributed by atoms with van der Waals surface area (Å²) in [5.41, 5.74) is 7.62. The highest BCUT2D eigenvalue weighted by atomic mass is 127. The molecule has 0 bridgehead atoms. The molecule has 2 heterocycles. The van der Waals surface area contributed by atoms with Gasteiger partial charge in [0.1, 0.15) is 6.29 Å². The van der Waals surface area contributed by atoms with E-state index in [1.165, 1.54) is 17.3 Å². The van der Waals surface area contributed by atoms with Crippen LogP contribution in [0.25, 0.3) is 5.57 Å². The van der Waals surface area contributed by atoms with Crippen molar-refractivity contribution < 1.29 is 4.79 Å². The number of aldehydes is 1. The van der Waals surface area contributed by atoms with Gasteiger partial charge in [-0.1, -0.05) is 24.3 Å². The van der Waals surface area contributed by atoms with Gasteiger partial charge in [0.25, 0.3) is 0 Å². The van der Waals surface area contributed by atoms with Gasteiger partial charge in [-0.15, -0.1) is 35.7 Å². The lowest BCUT2D eigenvalue weighted by Gasteiger charge is -2.34. The zero-order valence-electron chi connectivity index (χ0n) is 13.9. The first-order valence-corrected chi connectivity index (χ1v) is 8.54. The molecule has 0 saturated heterocycles. The van der Waals surface area contributed by atoms with E-state index in [4.69, 9.17) is 0 Å². The number of para-hydroxylation sites is 1. The molecular weight excluding hydrogens is 435 g/mol. The Hall–Kier alpha value is -1.48. The molecule has 3 rings (SSSR count). The van der Waals surface area contributed by atoms with E-state index in [0.717, 1.165) is 29.0 Å². The molecule has 0 aliphatic carbocycles.